The smallest absolute Gasteiger partial charge is 0.124 e. The molecule has 25 heavy (non-hydrogen) atoms. The molecular weight excluding hydrogens is 316 g/mol. The molecule has 1 aromatic rings. The number of phenolic OH excluding ortho intramolecular Hbond substituents is 1. The number of nitrogens with one attached hydrogen (secondary N) is 1. The molecule has 7 nitrogen and oxygen atoms in total. The highest BCUT2D eigenvalue weighted by atomic mass is 16.3. The molecule has 0 bridgehead atoms. The van der Waals surface area contributed by atoms with Gasteiger partial charge in [-0.05, 0) is 44.1 Å². The van der Waals surface area contributed by atoms with Gasteiger partial charge in [0.15, 0.2) is 0 Å². The number of nitrogens with two attached hydrogens (primary N) is 4. The van der Waals surface area contributed by atoms with Crippen LogP contribution < -0.4 is 28.3 Å². The number of phenols is 1. The summed E-state index contributed by atoms with van der Waals surface area (Å²) in [6, 6.07) is 7.01. The van der Waals surface area contributed by atoms with E-state index in [-0.39, 0.29) is 17.6 Å². The Hall–Kier alpha value is -2.93. The van der Waals surface area contributed by atoms with Gasteiger partial charge >= 0.3 is 0 Å². The summed E-state index contributed by atoms with van der Waals surface area (Å²) in [4.78, 5) is 4.58. The summed E-state index contributed by atoms with van der Waals surface area (Å²) in [6.07, 6.45) is 6.62. The molecule has 134 valence electrons. The Kier molecular flexibility index (Phi) is 6.47. The van der Waals surface area contributed by atoms with E-state index in [1.165, 1.54) is 6.20 Å². The second-order valence-electron chi connectivity index (χ2n) is 5.87. The third-order valence-corrected chi connectivity index (χ3v) is 4.05. The van der Waals surface area contributed by atoms with E-state index >= 15 is 0 Å². The normalized spacial score (nSPS) is 17.0. The van der Waals surface area contributed by atoms with E-state index in [0.29, 0.717) is 22.4 Å². The van der Waals surface area contributed by atoms with E-state index in [9.17, 15) is 5.11 Å². The average molecular weight is 342 g/mol. The van der Waals surface area contributed by atoms with Crippen LogP contribution >= 0.6 is 0 Å². The Morgan fingerprint density at radius 3 is 2.44 bits per heavy atom. The zero-order chi connectivity index (χ0) is 18.2. The van der Waals surface area contributed by atoms with Crippen molar-refractivity contribution >= 4 is 11.9 Å². The van der Waals surface area contributed by atoms with Crippen LogP contribution in [0.1, 0.15) is 18.4 Å². The summed E-state index contributed by atoms with van der Waals surface area (Å²) in [5.74, 6) is 0.152. The van der Waals surface area contributed by atoms with Gasteiger partial charge in [0.1, 0.15) is 11.6 Å². The Morgan fingerprint density at radius 1 is 1.16 bits per heavy atom. The molecule has 0 amide bonds. The fraction of sp³-hybridized carbons (Fsp3) is 0.278. The van der Waals surface area contributed by atoms with Crippen LogP contribution in [0.4, 0.5) is 0 Å². The lowest BCUT2D eigenvalue weighted by Gasteiger charge is -2.19. The van der Waals surface area contributed by atoms with Crippen molar-refractivity contribution in [3.8, 4) is 5.75 Å². The summed E-state index contributed by atoms with van der Waals surface area (Å²) in [6.45, 7) is 1.90. The van der Waals surface area contributed by atoms with Gasteiger partial charge in [0.2, 0.25) is 0 Å². The van der Waals surface area contributed by atoms with Crippen molar-refractivity contribution in [3.05, 3.63) is 59.1 Å². The molecule has 0 aromatic heterocycles. The molecule has 1 aliphatic rings. The lowest BCUT2D eigenvalue weighted by molar-refractivity contribution is 0.461. The van der Waals surface area contributed by atoms with Crippen LogP contribution in [-0.2, 0) is 0 Å². The van der Waals surface area contributed by atoms with Gasteiger partial charge in [-0.3, -0.25) is 4.99 Å². The maximum absolute atomic E-state index is 9.93. The van der Waals surface area contributed by atoms with E-state index in [4.69, 9.17) is 22.9 Å². The molecule has 0 saturated carbocycles. The van der Waals surface area contributed by atoms with Gasteiger partial charge in [0.25, 0.3) is 0 Å². The molecule has 1 aliphatic heterocycles. The summed E-state index contributed by atoms with van der Waals surface area (Å²) >= 11 is 0. The number of hydrogen-bond acceptors (Lipinski definition) is 7. The molecule has 7 heteroatoms. The first-order valence-corrected chi connectivity index (χ1v) is 8.20. The van der Waals surface area contributed by atoms with E-state index < -0.39 is 0 Å². The van der Waals surface area contributed by atoms with Crippen molar-refractivity contribution in [2.24, 2.45) is 27.9 Å². The predicted octanol–water partition coefficient (Wildman–Crippen LogP) is 0.486. The highest BCUT2D eigenvalue weighted by molar-refractivity contribution is 5.88. The van der Waals surface area contributed by atoms with Gasteiger partial charge in [-0.15, -0.1) is 0 Å². The van der Waals surface area contributed by atoms with Crippen molar-refractivity contribution in [2.45, 2.75) is 18.9 Å². The number of aromatic hydroxyl groups is 1. The van der Waals surface area contributed by atoms with Gasteiger partial charge in [-0.25, -0.2) is 0 Å². The Labute approximate surface area is 147 Å². The zero-order valence-corrected chi connectivity index (χ0v) is 14.2. The van der Waals surface area contributed by atoms with Crippen LogP contribution in [0.2, 0.25) is 0 Å². The quantitative estimate of drug-likeness (QED) is 0.339. The van der Waals surface area contributed by atoms with Crippen molar-refractivity contribution in [3.63, 3.8) is 0 Å². The highest BCUT2D eigenvalue weighted by Gasteiger charge is 2.12. The first-order valence-electron chi connectivity index (χ1n) is 8.20. The maximum Gasteiger partial charge on any atom is 0.124 e. The molecule has 1 heterocycles. The monoisotopic (exact) mass is 342 g/mol. The minimum absolute atomic E-state index is 0.0758. The number of para-hydroxylation sites is 1. The number of rotatable bonds is 5. The Morgan fingerprint density at radius 2 is 1.84 bits per heavy atom. The van der Waals surface area contributed by atoms with Crippen LogP contribution in [0.15, 0.2) is 58.5 Å². The number of benzene rings is 1. The van der Waals surface area contributed by atoms with E-state index in [2.05, 4.69) is 10.3 Å². The van der Waals surface area contributed by atoms with Crippen molar-refractivity contribution in [2.75, 3.05) is 13.1 Å². The van der Waals surface area contributed by atoms with Crippen LogP contribution in [0.3, 0.4) is 0 Å². The lowest BCUT2D eigenvalue weighted by Crippen LogP contribution is -2.30. The molecule has 0 aliphatic carbocycles. The number of piperidine rings is 1. The minimum atomic E-state index is 0.0758. The standard InChI is InChI=1S/C18H26N6O/c19-10-12(11-24-13-5-7-23-8-6-13)15(18(21)22)9-16(20)14-3-1-2-4-17(14)25/h1-4,9-11,13,23,25H,5-8,19-22H2/b12-10+,16-9-,24-11?. The largest absolute Gasteiger partial charge is 0.507 e. The van der Waals surface area contributed by atoms with Crippen molar-refractivity contribution in [1.29, 1.82) is 0 Å². The zero-order valence-electron chi connectivity index (χ0n) is 14.2. The summed E-state index contributed by atoms with van der Waals surface area (Å²) in [5, 5.41) is 13.2. The summed E-state index contributed by atoms with van der Waals surface area (Å²) < 4.78 is 0. The van der Waals surface area contributed by atoms with Gasteiger partial charge < -0.3 is 33.4 Å². The van der Waals surface area contributed by atoms with E-state index in [1.54, 1.807) is 36.6 Å². The fourth-order valence-corrected chi connectivity index (χ4v) is 2.63. The highest BCUT2D eigenvalue weighted by Crippen LogP contribution is 2.23. The van der Waals surface area contributed by atoms with E-state index in [0.717, 1.165) is 25.9 Å². The minimum Gasteiger partial charge on any atom is -0.507 e. The SMILES string of the molecule is N/C=C(\C=NC1CCNCC1)C(/C=C(\N)c1ccccc1O)=C(N)N. The van der Waals surface area contributed by atoms with E-state index in [1.807, 2.05) is 0 Å². The lowest BCUT2D eigenvalue weighted by atomic mass is 10.0. The van der Waals surface area contributed by atoms with Gasteiger partial charge in [0.05, 0.1) is 6.04 Å². The molecule has 0 spiro atoms. The van der Waals surface area contributed by atoms with Gasteiger partial charge in [0, 0.05) is 34.8 Å². The number of allylic oxidation sites excluding steroid dienone is 3. The van der Waals surface area contributed by atoms with Crippen LogP contribution in [0.25, 0.3) is 5.70 Å². The first kappa shape index (κ1) is 18.4. The third-order valence-electron chi connectivity index (χ3n) is 4.05. The summed E-state index contributed by atoms with van der Waals surface area (Å²) in [5.41, 5.74) is 25.3. The third kappa shape index (κ3) is 5.02. The molecule has 1 aromatic carbocycles. The van der Waals surface area contributed by atoms with Gasteiger partial charge in [-0.2, -0.15) is 0 Å². The molecule has 1 saturated heterocycles. The number of nitrogens with zero attached hydrogens (tertiary/aromatic N) is 1. The van der Waals surface area contributed by atoms with Crippen LogP contribution in [0.5, 0.6) is 5.75 Å². The predicted molar refractivity (Wildman–Crippen MR) is 102 cm³/mol. The second kappa shape index (κ2) is 8.79. The van der Waals surface area contributed by atoms with Crippen LogP contribution in [0, 0.1) is 0 Å². The summed E-state index contributed by atoms with van der Waals surface area (Å²) in [7, 11) is 0. The molecule has 0 unspecified atom stereocenters. The average Bonchev–Trinajstić information content (AvgIpc) is 2.62. The Balaban J connectivity index is 2.27. The second-order valence-corrected chi connectivity index (χ2v) is 5.87. The first-order chi connectivity index (χ1) is 12.0. The van der Waals surface area contributed by atoms with Crippen molar-refractivity contribution in [1.82, 2.24) is 5.32 Å². The molecule has 1 fully saturated rings. The van der Waals surface area contributed by atoms with Gasteiger partial charge in [-0.1, -0.05) is 12.1 Å². The topological polar surface area (TPSA) is 149 Å². The molecule has 0 radical (unpaired) electrons. The molecular formula is C18H26N6O. The molecule has 2 rings (SSSR count). The Bertz CT molecular complexity index is 710. The fourth-order valence-electron chi connectivity index (χ4n) is 2.63. The number of aliphatic imine (C=N–C) groups is 1. The van der Waals surface area contributed by atoms with Crippen molar-refractivity contribution < 1.29 is 5.11 Å². The van der Waals surface area contributed by atoms with Crippen LogP contribution in [-0.4, -0.2) is 30.5 Å². The molecule has 10 N–H and O–H groups in total. The number of hydrogen-bond donors (Lipinski definition) is 6. The maximum atomic E-state index is 9.93. The molecule has 0 atom stereocenters.